The number of amides is 3. The molecule has 0 atom stereocenters. The lowest BCUT2D eigenvalue weighted by molar-refractivity contribution is -0.145. The molecule has 1 aliphatic carbocycles. The lowest BCUT2D eigenvalue weighted by Crippen LogP contribution is -2.54. The number of nitrogens with zero attached hydrogens (tertiary/aromatic N) is 2. The molecule has 152 valence electrons. The molecule has 2 heterocycles. The Kier molecular flexibility index (Phi) is 5.13. The highest BCUT2D eigenvalue weighted by Gasteiger charge is 2.58. The van der Waals surface area contributed by atoms with Crippen LogP contribution in [0.5, 0.6) is 0 Å². The van der Waals surface area contributed by atoms with Gasteiger partial charge in [-0.3, -0.25) is 14.4 Å². The van der Waals surface area contributed by atoms with Gasteiger partial charge in [0.15, 0.2) is 5.76 Å². The highest BCUT2D eigenvalue weighted by molar-refractivity contribution is 6.08. The Morgan fingerprint density at radius 2 is 1.76 bits per heavy atom. The van der Waals surface area contributed by atoms with Crippen molar-refractivity contribution in [2.24, 2.45) is 5.41 Å². The summed E-state index contributed by atoms with van der Waals surface area (Å²) in [7, 11) is 0. The van der Waals surface area contributed by atoms with Crippen molar-refractivity contribution in [3.05, 3.63) is 59.5 Å². The highest BCUT2D eigenvalue weighted by atomic mass is 16.3. The minimum absolute atomic E-state index is 0.121. The Morgan fingerprint density at radius 1 is 1.03 bits per heavy atom. The third-order valence-electron chi connectivity index (χ3n) is 5.72. The third-order valence-corrected chi connectivity index (χ3v) is 5.72. The zero-order valence-electron chi connectivity index (χ0n) is 16.5. The van der Waals surface area contributed by atoms with Crippen molar-refractivity contribution in [1.29, 1.82) is 0 Å². The summed E-state index contributed by atoms with van der Waals surface area (Å²) in [6.45, 7) is 4.16. The number of aryl methyl sites for hydroxylation is 1. The summed E-state index contributed by atoms with van der Waals surface area (Å²) >= 11 is 0. The second-order valence-corrected chi connectivity index (χ2v) is 7.82. The van der Waals surface area contributed by atoms with Crippen LogP contribution in [-0.4, -0.2) is 53.7 Å². The number of hydrogen-bond donors (Lipinski definition) is 1. The quantitative estimate of drug-likeness (QED) is 0.785. The molecule has 1 aromatic heterocycles. The third kappa shape index (κ3) is 3.90. The second kappa shape index (κ2) is 7.73. The van der Waals surface area contributed by atoms with Gasteiger partial charge in [0.25, 0.3) is 5.91 Å². The summed E-state index contributed by atoms with van der Waals surface area (Å²) in [5, 5.41) is 2.93. The SMILES string of the molecule is Cc1cccc(CNC(=O)C2(C(=O)N3CCN(C(=O)c4ccco4)CC3)CC2)c1. The Morgan fingerprint density at radius 3 is 2.38 bits per heavy atom. The molecule has 4 rings (SSSR count). The molecule has 1 saturated carbocycles. The van der Waals surface area contributed by atoms with E-state index in [1.807, 2.05) is 31.2 Å². The first-order valence-corrected chi connectivity index (χ1v) is 9.96. The first kappa shape index (κ1) is 19.2. The number of furan rings is 1. The van der Waals surface area contributed by atoms with Gasteiger partial charge in [0, 0.05) is 32.7 Å². The summed E-state index contributed by atoms with van der Waals surface area (Å²) in [6, 6.07) is 11.3. The van der Waals surface area contributed by atoms with Gasteiger partial charge in [-0.1, -0.05) is 29.8 Å². The number of benzene rings is 1. The molecule has 1 saturated heterocycles. The smallest absolute Gasteiger partial charge is 0.289 e. The highest BCUT2D eigenvalue weighted by Crippen LogP contribution is 2.47. The summed E-state index contributed by atoms with van der Waals surface area (Å²) in [4.78, 5) is 41.6. The van der Waals surface area contributed by atoms with Crippen molar-refractivity contribution < 1.29 is 18.8 Å². The van der Waals surface area contributed by atoms with Crippen molar-refractivity contribution in [3.8, 4) is 0 Å². The maximum atomic E-state index is 13.0. The average Bonchev–Trinajstić information content (AvgIpc) is 3.37. The molecule has 3 amide bonds. The fraction of sp³-hybridized carbons (Fsp3) is 0.409. The van der Waals surface area contributed by atoms with E-state index < -0.39 is 5.41 Å². The lowest BCUT2D eigenvalue weighted by atomic mass is 10.0. The molecule has 7 nitrogen and oxygen atoms in total. The summed E-state index contributed by atoms with van der Waals surface area (Å²) in [6.07, 6.45) is 2.63. The first-order chi connectivity index (χ1) is 14.0. The molecule has 7 heteroatoms. The molecular weight excluding hydrogens is 370 g/mol. The Bertz CT molecular complexity index is 910. The molecule has 1 aromatic carbocycles. The van der Waals surface area contributed by atoms with E-state index in [1.54, 1.807) is 21.9 Å². The minimum Gasteiger partial charge on any atom is -0.459 e. The van der Waals surface area contributed by atoms with E-state index in [-0.39, 0.29) is 17.7 Å². The molecule has 0 radical (unpaired) electrons. The number of nitrogens with one attached hydrogen (secondary N) is 1. The van der Waals surface area contributed by atoms with Gasteiger partial charge in [-0.25, -0.2) is 0 Å². The Labute approximate surface area is 169 Å². The van der Waals surface area contributed by atoms with E-state index in [9.17, 15) is 14.4 Å². The van der Waals surface area contributed by atoms with E-state index in [0.29, 0.717) is 51.3 Å². The maximum absolute atomic E-state index is 13.0. The topological polar surface area (TPSA) is 82.9 Å². The number of carbonyl (C=O) groups excluding carboxylic acids is 3. The first-order valence-electron chi connectivity index (χ1n) is 9.96. The summed E-state index contributed by atoms with van der Waals surface area (Å²) < 4.78 is 5.16. The second-order valence-electron chi connectivity index (χ2n) is 7.82. The monoisotopic (exact) mass is 395 g/mol. The molecular formula is C22H25N3O4. The molecule has 0 bridgehead atoms. The summed E-state index contributed by atoms with van der Waals surface area (Å²) in [5.41, 5.74) is 1.22. The molecule has 2 aliphatic rings. The van der Waals surface area contributed by atoms with Crippen LogP contribution in [0.15, 0.2) is 47.1 Å². The normalized spacial score (nSPS) is 17.7. The van der Waals surface area contributed by atoms with Crippen LogP contribution in [-0.2, 0) is 16.1 Å². The van der Waals surface area contributed by atoms with Gasteiger partial charge >= 0.3 is 0 Å². The van der Waals surface area contributed by atoms with Gasteiger partial charge in [0.2, 0.25) is 11.8 Å². The predicted molar refractivity (Wildman–Crippen MR) is 106 cm³/mol. The Balaban J connectivity index is 1.32. The fourth-order valence-electron chi connectivity index (χ4n) is 3.81. The van der Waals surface area contributed by atoms with E-state index >= 15 is 0 Å². The van der Waals surface area contributed by atoms with Crippen LogP contribution in [0.4, 0.5) is 0 Å². The standard InChI is InChI=1S/C22H25N3O4/c1-16-4-2-5-17(14-16)15-23-20(27)22(7-8-22)21(28)25-11-9-24(10-12-25)19(26)18-6-3-13-29-18/h2-6,13-14H,7-12,15H2,1H3,(H,23,27). The number of hydrogen-bond acceptors (Lipinski definition) is 4. The van der Waals surface area contributed by atoms with E-state index in [0.717, 1.165) is 11.1 Å². The molecule has 2 aromatic rings. The fourth-order valence-corrected chi connectivity index (χ4v) is 3.81. The zero-order valence-corrected chi connectivity index (χ0v) is 16.5. The van der Waals surface area contributed by atoms with Crippen LogP contribution in [0.1, 0.15) is 34.5 Å². The van der Waals surface area contributed by atoms with Gasteiger partial charge in [-0.2, -0.15) is 0 Å². The van der Waals surface area contributed by atoms with E-state index in [2.05, 4.69) is 5.32 Å². The van der Waals surface area contributed by atoms with Crippen LogP contribution >= 0.6 is 0 Å². The minimum atomic E-state index is -0.934. The number of piperazine rings is 1. The van der Waals surface area contributed by atoms with Crippen LogP contribution in [0.2, 0.25) is 0 Å². The van der Waals surface area contributed by atoms with Crippen LogP contribution in [0.25, 0.3) is 0 Å². The van der Waals surface area contributed by atoms with E-state index in [4.69, 9.17) is 4.42 Å². The van der Waals surface area contributed by atoms with E-state index in [1.165, 1.54) is 6.26 Å². The van der Waals surface area contributed by atoms with Crippen LogP contribution in [0, 0.1) is 12.3 Å². The molecule has 1 N–H and O–H groups in total. The number of carbonyl (C=O) groups is 3. The van der Waals surface area contributed by atoms with Gasteiger partial charge in [0.05, 0.1) is 6.26 Å². The number of rotatable bonds is 5. The molecule has 2 fully saturated rings. The largest absolute Gasteiger partial charge is 0.459 e. The van der Waals surface area contributed by atoms with Crippen molar-refractivity contribution in [2.75, 3.05) is 26.2 Å². The van der Waals surface area contributed by atoms with Gasteiger partial charge in [0.1, 0.15) is 5.41 Å². The molecule has 0 unspecified atom stereocenters. The Hall–Kier alpha value is -3.09. The van der Waals surface area contributed by atoms with Crippen molar-refractivity contribution in [3.63, 3.8) is 0 Å². The van der Waals surface area contributed by atoms with Gasteiger partial charge in [-0.05, 0) is 37.5 Å². The predicted octanol–water partition coefficient (Wildman–Crippen LogP) is 1.97. The van der Waals surface area contributed by atoms with Crippen LogP contribution in [0.3, 0.4) is 0 Å². The average molecular weight is 395 g/mol. The van der Waals surface area contributed by atoms with Crippen LogP contribution < -0.4 is 5.32 Å². The molecule has 0 spiro atoms. The lowest BCUT2D eigenvalue weighted by Gasteiger charge is -2.36. The zero-order chi connectivity index (χ0) is 20.4. The van der Waals surface area contributed by atoms with Crippen molar-refractivity contribution >= 4 is 17.7 Å². The van der Waals surface area contributed by atoms with Crippen molar-refractivity contribution in [2.45, 2.75) is 26.3 Å². The maximum Gasteiger partial charge on any atom is 0.289 e. The summed E-state index contributed by atoms with van der Waals surface area (Å²) in [5.74, 6) is -0.180. The van der Waals surface area contributed by atoms with Gasteiger partial charge < -0.3 is 19.5 Å². The molecule has 29 heavy (non-hydrogen) atoms. The van der Waals surface area contributed by atoms with Crippen molar-refractivity contribution in [1.82, 2.24) is 15.1 Å². The van der Waals surface area contributed by atoms with Gasteiger partial charge in [-0.15, -0.1) is 0 Å². The molecule has 1 aliphatic heterocycles.